The van der Waals surface area contributed by atoms with Crippen LogP contribution in [0.2, 0.25) is 0 Å². The van der Waals surface area contributed by atoms with E-state index in [2.05, 4.69) is 0 Å². The first kappa shape index (κ1) is 14.9. The zero-order valence-corrected chi connectivity index (χ0v) is 12.3. The van der Waals surface area contributed by atoms with Crippen LogP contribution in [0.15, 0.2) is 12.1 Å². The zero-order chi connectivity index (χ0) is 14.5. The van der Waals surface area contributed by atoms with E-state index in [0.29, 0.717) is 23.2 Å². The van der Waals surface area contributed by atoms with Crippen LogP contribution in [0.1, 0.15) is 24.4 Å². The van der Waals surface area contributed by atoms with Crippen molar-refractivity contribution >= 4 is 0 Å². The van der Waals surface area contributed by atoms with E-state index in [-0.39, 0.29) is 6.04 Å². The van der Waals surface area contributed by atoms with Crippen molar-refractivity contribution in [2.45, 2.75) is 18.9 Å². The van der Waals surface area contributed by atoms with E-state index in [1.807, 2.05) is 12.1 Å². The molecule has 1 aromatic carbocycles. The Hall–Kier alpha value is -1.46. The third-order valence-corrected chi connectivity index (χ3v) is 3.87. The molecule has 1 aromatic rings. The molecule has 0 spiro atoms. The van der Waals surface area contributed by atoms with E-state index in [1.54, 1.807) is 21.3 Å². The van der Waals surface area contributed by atoms with Gasteiger partial charge >= 0.3 is 0 Å². The molecule has 0 amide bonds. The number of ether oxygens (including phenoxy) is 4. The first-order chi connectivity index (χ1) is 9.72. The second kappa shape index (κ2) is 6.81. The van der Waals surface area contributed by atoms with E-state index in [0.717, 1.165) is 31.6 Å². The van der Waals surface area contributed by atoms with Crippen molar-refractivity contribution in [3.8, 4) is 17.2 Å². The van der Waals surface area contributed by atoms with Gasteiger partial charge in [-0.05, 0) is 30.9 Å². The lowest BCUT2D eigenvalue weighted by Gasteiger charge is -2.29. The normalized spacial score (nSPS) is 17.6. The third-order valence-electron chi connectivity index (χ3n) is 3.87. The maximum atomic E-state index is 6.43. The Labute approximate surface area is 120 Å². The van der Waals surface area contributed by atoms with Crippen molar-refractivity contribution < 1.29 is 18.9 Å². The second-order valence-corrected chi connectivity index (χ2v) is 4.90. The molecule has 2 rings (SSSR count). The Morgan fingerprint density at radius 1 is 1.05 bits per heavy atom. The van der Waals surface area contributed by atoms with Crippen LogP contribution in [-0.2, 0) is 4.74 Å². The van der Waals surface area contributed by atoms with E-state index >= 15 is 0 Å². The number of nitrogens with two attached hydrogens (primary N) is 1. The molecule has 20 heavy (non-hydrogen) atoms. The highest BCUT2D eigenvalue weighted by molar-refractivity contribution is 5.56. The summed E-state index contributed by atoms with van der Waals surface area (Å²) in [6.07, 6.45) is 1.94. The van der Waals surface area contributed by atoms with Crippen LogP contribution in [0.5, 0.6) is 17.2 Å². The molecule has 0 aliphatic carbocycles. The van der Waals surface area contributed by atoms with Gasteiger partial charge in [-0.2, -0.15) is 0 Å². The molecule has 1 aliphatic rings. The standard InChI is InChI=1S/C15H23NO4/c1-17-12-5-4-11(14(18-2)15(12)19-3)13(16)10-6-8-20-9-7-10/h4-5,10,13H,6-9,16H2,1-3H3. The van der Waals surface area contributed by atoms with Gasteiger partial charge in [0.05, 0.1) is 21.3 Å². The van der Waals surface area contributed by atoms with Crippen LogP contribution in [0.3, 0.4) is 0 Å². The average Bonchev–Trinajstić information content (AvgIpc) is 2.53. The second-order valence-electron chi connectivity index (χ2n) is 4.90. The summed E-state index contributed by atoms with van der Waals surface area (Å²) in [7, 11) is 4.83. The molecular formula is C15H23NO4. The fourth-order valence-electron chi connectivity index (χ4n) is 2.72. The van der Waals surface area contributed by atoms with Gasteiger partial charge in [0.1, 0.15) is 0 Å². The van der Waals surface area contributed by atoms with Crippen molar-refractivity contribution in [2.24, 2.45) is 11.7 Å². The van der Waals surface area contributed by atoms with Crippen molar-refractivity contribution in [1.29, 1.82) is 0 Å². The Kier molecular flexibility index (Phi) is 5.09. The number of hydrogen-bond donors (Lipinski definition) is 1. The molecule has 1 saturated heterocycles. The zero-order valence-electron chi connectivity index (χ0n) is 12.3. The first-order valence-corrected chi connectivity index (χ1v) is 6.85. The smallest absolute Gasteiger partial charge is 0.203 e. The molecule has 1 fully saturated rings. The fourth-order valence-corrected chi connectivity index (χ4v) is 2.72. The van der Waals surface area contributed by atoms with Crippen molar-refractivity contribution in [3.63, 3.8) is 0 Å². The molecule has 1 atom stereocenters. The monoisotopic (exact) mass is 281 g/mol. The van der Waals surface area contributed by atoms with E-state index in [1.165, 1.54) is 0 Å². The van der Waals surface area contributed by atoms with E-state index < -0.39 is 0 Å². The molecule has 5 nitrogen and oxygen atoms in total. The SMILES string of the molecule is COc1ccc(C(N)C2CCOCC2)c(OC)c1OC. The summed E-state index contributed by atoms with van der Waals surface area (Å²) >= 11 is 0. The van der Waals surface area contributed by atoms with Gasteiger partial charge in [-0.3, -0.25) is 0 Å². The maximum absolute atomic E-state index is 6.43. The molecule has 1 heterocycles. The molecule has 0 radical (unpaired) electrons. The highest BCUT2D eigenvalue weighted by atomic mass is 16.5. The topological polar surface area (TPSA) is 62.9 Å². The van der Waals surface area contributed by atoms with Gasteiger partial charge in [0.25, 0.3) is 0 Å². The fraction of sp³-hybridized carbons (Fsp3) is 0.600. The summed E-state index contributed by atoms with van der Waals surface area (Å²) in [4.78, 5) is 0. The van der Waals surface area contributed by atoms with Crippen molar-refractivity contribution in [3.05, 3.63) is 17.7 Å². The number of hydrogen-bond acceptors (Lipinski definition) is 5. The van der Waals surface area contributed by atoms with Crippen LogP contribution < -0.4 is 19.9 Å². The molecule has 1 aliphatic heterocycles. The van der Waals surface area contributed by atoms with Gasteiger partial charge in [-0.15, -0.1) is 0 Å². The molecule has 0 bridgehead atoms. The molecule has 2 N–H and O–H groups in total. The van der Waals surface area contributed by atoms with Gasteiger partial charge in [-0.1, -0.05) is 0 Å². The summed E-state index contributed by atoms with van der Waals surface area (Å²) in [6.45, 7) is 1.54. The molecule has 0 saturated carbocycles. The molecule has 5 heteroatoms. The lowest BCUT2D eigenvalue weighted by molar-refractivity contribution is 0.0580. The van der Waals surface area contributed by atoms with Gasteiger partial charge < -0.3 is 24.7 Å². The molecule has 1 unspecified atom stereocenters. The minimum absolute atomic E-state index is 0.0892. The Morgan fingerprint density at radius 2 is 1.70 bits per heavy atom. The van der Waals surface area contributed by atoms with Crippen molar-refractivity contribution in [2.75, 3.05) is 34.5 Å². The summed E-state index contributed by atoms with van der Waals surface area (Å²) in [5.41, 5.74) is 7.38. The lowest BCUT2D eigenvalue weighted by Crippen LogP contribution is -2.27. The number of methoxy groups -OCH3 is 3. The van der Waals surface area contributed by atoms with Gasteiger partial charge in [0, 0.05) is 24.8 Å². The van der Waals surface area contributed by atoms with Gasteiger partial charge in [-0.25, -0.2) is 0 Å². The molecule has 112 valence electrons. The van der Waals surface area contributed by atoms with E-state index in [9.17, 15) is 0 Å². The summed E-state index contributed by atoms with van der Waals surface area (Å²) in [5.74, 6) is 2.30. The molecular weight excluding hydrogens is 258 g/mol. The highest BCUT2D eigenvalue weighted by Gasteiger charge is 2.27. The minimum Gasteiger partial charge on any atom is -0.493 e. The third kappa shape index (κ3) is 2.83. The highest BCUT2D eigenvalue weighted by Crippen LogP contribution is 2.43. The van der Waals surface area contributed by atoms with Crippen LogP contribution in [0.4, 0.5) is 0 Å². The molecule has 0 aromatic heterocycles. The number of rotatable bonds is 5. The van der Waals surface area contributed by atoms with Crippen molar-refractivity contribution in [1.82, 2.24) is 0 Å². The van der Waals surface area contributed by atoms with Crippen LogP contribution in [-0.4, -0.2) is 34.5 Å². The Balaban J connectivity index is 2.34. The van der Waals surface area contributed by atoms with E-state index in [4.69, 9.17) is 24.7 Å². The quantitative estimate of drug-likeness (QED) is 0.896. The summed E-state index contributed by atoms with van der Waals surface area (Å²) < 4.78 is 21.6. The first-order valence-electron chi connectivity index (χ1n) is 6.85. The summed E-state index contributed by atoms with van der Waals surface area (Å²) in [6, 6.07) is 3.74. The Bertz CT molecular complexity index is 444. The Morgan fingerprint density at radius 3 is 2.25 bits per heavy atom. The van der Waals surface area contributed by atoms with Crippen LogP contribution in [0.25, 0.3) is 0 Å². The number of benzene rings is 1. The predicted octanol–water partition coefficient (Wildman–Crippen LogP) is 2.14. The minimum atomic E-state index is -0.0892. The predicted molar refractivity (Wildman–Crippen MR) is 76.6 cm³/mol. The van der Waals surface area contributed by atoms with Gasteiger partial charge in [0.2, 0.25) is 5.75 Å². The largest absolute Gasteiger partial charge is 0.493 e. The van der Waals surface area contributed by atoms with Gasteiger partial charge in [0.15, 0.2) is 11.5 Å². The average molecular weight is 281 g/mol. The summed E-state index contributed by atoms with van der Waals surface area (Å²) in [5, 5.41) is 0. The maximum Gasteiger partial charge on any atom is 0.203 e. The van der Waals surface area contributed by atoms with Crippen LogP contribution in [0, 0.1) is 5.92 Å². The van der Waals surface area contributed by atoms with Crippen LogP contribution >= 0.6 is 0 Å². The lowest BCUT2D eigenvalue weighted by atomic mass is 9.87.